The molecule has 0 aliphatic rings. The van der Waals surface area contributed by atoms with Crippen molar-refractivity contribution in [3.05, 3.63) is 84.0 Å². The molecule has 0 spiro atoms. The number of hydrogen-bond donors (Lipinski definition) is 0. The van der Waals surface area contributed by atoms with Crippen LogP contribution in [0, 0.1) is 0 Å². The summed E-state index contributed by atoms with van der Waals surface area (Å²) in [6, 6.07) is 17.9. The fraction of sp³-hybridized carbons (Fsp3) is 0.705. The average molecular weight is 922 g/mol. The maximum absolute atomic E-state index is 5.51. The van der Waals surface area contributed by atoms with Gasteiger partial charge in [0.15, 0.2) is 0 Å². The van der Waals surface area contributed by atoms with Crippen LogP contribution in [0.25, 0.3) is 0 Å². The first-order valence-corrected chi connectivity index (χ1v) is 27.8. The van der Waals surface area contributed by atoms with E-state index in [2.05, 4.69) is 101 Å². The molecule has 0 aliphatic heterocycles. The van der Waals surface area contributed by atoms with Crippen molar-refractivity contribution < 1.29 is 16.5 Å². The molecule has 0 unspecified atom stereocenters. The van der Waals surface area contributed by atoms with Crippen LogP contribution >= 0.6 is 0 Å². The maximum atomic E-state index is 5.51. The fourth-order valence-electron chi connectivity index (χ4n) is 8.87. The van der Waals surface area contributed by atoms with Crippen molar-refractivity contribution in [3.8, 4) is 0 Å². The third-order valence-electron chi connectivity index (χ3n) is 13.0. The summed E-state index contributed by atoms with van der Waals surface area (Å²) in [6.07, 6.45) is 61.0. The van der Waals surface area contributed by atoms with Crippen LogP contribution in [0.2, 0.25) is 0 Å². The summed E-state index contributed by atoms with van der Waals surface area (Å²) in [5.41, 5.74) is 7.47. The first kappa shape index (κ1) is 59.8. The normalized spacial score (nSPS) is 12.2. The third kappa shape index (κ3) is 33.3. The van der Waals surface area contributed by atoms with Gasteiger partial charge < -0.3 is 0 Å². The van der Waals surface area contributed by atoms with E-state index in [0.29, 0.717) is 0 Å². The van der Waals surface area contributed by atoms with E-state index in [9.17, 15) is 0 Å². The summed E-state index contributed by atoms with van der Waals surface area (Å²) in [6.45, 7) is 9.21. The summed E-state index contributed by atoms with van der Waals surface area (Å²) >= 11 is 0. The number of unbranched alkanes of at least 4 members (excludes halogenated alkanes) is 29. The van der Waals surface area contributed by atoms with Gasteiger partial charge in [0.05, 0.1) is 22.8 Å². The van der Waals surface area contributed by atoms with Crippen LogP contribution in [0.4, 0.5) is 11.4 Å². The van der Waals surface area contributed by atoms with Crippen LogP contribution in [0.3, 0.4) is 0 Å². The zero-order chi connectivity index (χ0) is 44.9. The second kappa shape index (κ2) is 45.9. The monoisotopic (exact) mass is 921 g/mol. The zero-order valence-electron chi connectivity index (χ0n) is 42.7. The molecule has 0 radical (unpaired) electrons. The van der Waals surface area contributed by atoms with Crippen molar-refractivity contribution in [2.24, 2.45) is 9.98 Å². The third-order valence-corrected chi connectivity index (χ3v) is 13.0. The Morgan fingerprint density at radius 1 is 0.328 bits per heavy atom. The smallest absolute Gasteiger partial charge is 0.0665 e. The van der Waals surface area contributed by atoms with Gasteiger partial charge in [0, 0.05) is 16.5 Å². The molecule has 0 N–H and O–H groups in total. The number of nitrogens with zero attached hydrogens (tertiary/aromatic N) is 2. The number of para-hydroxylation sites is 2. The molecule has 64 heavy (non-hydrogen) atoms. The number of benzene rings is 2. The van der Waals surface area contributed by atoms with Crippen molar-refractivity contribution in [2.45, 2.75) is 278 Å². The van der Waals surface area contributed by atoms with Gasteiger partial charge in [-0.1, -0.05) is 249 Å². The molecule has 2 aromatic rings. The standard InChI is InChI=1S/C61H102N2.Ni/c1-5-9-13-15-17-19-21-23-25-27-29-31-33-35-37-39-42-48-56-50-44-46-53-58(56)62-60(52-12-8-4)61(55-41-11-7-3)63-59-54-47-45-51-57(59)49-43-40-38-36-34-32-30-28-26-24-22-20-18-16-14-10-6-2;/h35-38,44-47,50-51,53-54H,5-34,39-43,48-49,52,55H2,1-4H3;/b37-35+,38-36+,62-60+,63-61-;. The molecule has 0 aromatic heterocycles. The van der Waals surface area contributed by atoms with E-state index >= 15 is 0 Å². The van der Waals surface area contributed by atoms with E-state index in [1.807, 2.05) is 0 Å². The molecule has 366 valence electrons. The second-order valence-electron chi connectivity index (χ2n) is 19.0. The largest absolute Gasteiger partial charge is 0.251 e. The van der Waals surface area contributed by atoms with Gasteiger partial charge in [-0.05, 0) is 113 Å². The summed E-state index contributed by atoms with van der Waals surface area (Å²) in [4.78, 5) is 11.0. The van der Waals surface area contributed by atoms with E-state index < -0.39 is 0 Å². The van der Waals surface area contributed by atoms with Crippen LogP contribution in [-0.2, 0) is 29.3 Å². The van der Waals surface area contributed by atoms with Crippen molar-refractivity contribution >= 4 is 22.8 Å². The van der Waals surface area contributed by atoms with Crippen LogP contribution in [0.15, 0.2) is 82.8 Å². The molecule has 3 heteroatoms. The van der Waals surface area contributed by atoms with Crippen LogP contribution in [0.5, 0.6) is 0 Å². The molecule has 2 nitrogen and oxygen atoms in total. The first-order valence-electron chi connectivity index (χ1n) is 27.8. The molecule has 0 atom stereocenters. The van der Waals surface area contributed by atoms with Crippen molar-refractivity contribution in [2.75, 3.05) is 0 Å². The van der Waals surface area contributed by atoms with Crippen molar-refractivity contribution in [3.63, 3.8) is 0 Å². The number of aryl methyl sites for hydroxylation is 2. The molecule has 0 fully saturated rings. The summed E-state index contributed by atoms with van der Waals surface area (Å²) in [5, 5.41) is 0. The molecule has 0 saturated carbocycles. The predicted octanol–water partition coefficient (Wildman–Crippen LogP) is 21.2. The van der Waals surface area contributed by atoms with Crippen molar-refractivity contribution in [1.82, 2.24) is 0 Å². The predicted molar refractivity (Wildman–Crippen MR) is 286 cm³/mol. The molecule has 0 amide bonds. The SMILES string of the molecule is CCCCCCCCCCCCCC/C=C/CCCc1ccccc1/N=C(CCCCC)\C(CCCC)=N\c1ccccc1CCC/C=C/CCCCCCCCCCCCCC.[Ni]. The minimum atomic E-state index is 0. The quantitative estimate of drug-likeness (QED) is 0.0274. The van der Waals surface area contributed by atoms with E-state index in [4.69, 9.17) is 9.98 Å². The van der Waals surface area contributed by atoms with Gasteiger partial charge in [-0.15, -0.1) is 0 Å². The Hall–Kier alpha value is -2.25. The molecule has 2 rings (SSSR count). The Balaban J connectivity index is 0.0000205. The molecule has 0 aliphatic carbocycles. The molecular weight excluding hydrogens is 819 g/mol. The topological polar surface area (TPSA) is 24.7 Å². The van der Waals surface area contributed by atoms with Crippen LogP contribution < -0.4 is 0 Å². The number of aliphatic imine (C=N–C) groups is 2. The summed E-state index contributed by atoms with van der Waals surface area (Å²) in [7, 11) is 0. The van der Waals surface area contributed by atoms with E-state index in [0.717, 1.165) is 62.7 Å². The van der Waals surface area contributed by atoms with Gasteiger partial charge in [-0.2, -0.15) is 0 Å². The number of allylic oxidation sites excluding steroid dienone is 4. The van der Waals surface area contributed by atoms with E-state index in [1.165, 1.54) is 222 Å². The average Bonchev–Trinajstić information content (AvgIpc) is 3.30. The summed E-state index contributed by atoms with van der Waals surface area (Å²) in [5.74, 6) is 0. The van der Waals surface area contributed by atoms with Gasteiger partial charge >= 0.3 is 0 Å². The Morgan fingerprint density at radius 2 is 0.609 bits per heavy atom. The van der Waals surface area contributed by atoms with Gasteiger partial charge in [-0.3, -0.25) is 9.98 Å². The fourth-order valence-corrected chi connectivity index (χ4v) is 8.87. The molecule has 0 heterocycles. The molecule has 0 saturated heterocycles. The Kier molecular flexibility index (Phi) is 42.9. The van der Waals surface area contributed by atoms with Crippen LogP contribution in [0.1, 0.15) is 276 Å². The molecule has 2 aromatic carbocycles. The van der Waals surface area contributed by atoms with E-state index in [1.54, 1.807) is 0 Å². The molecule has 0 bridgehead atoms. The zero-order valence-corrected chi connectivity index (χ0v) is 43.7. The Labute approximate surface area is 409 Å². The van der Waals surface area contributed by atoms with Gasteiger partial charge in [0.1, 0.15) is 0 Å². The maximum Gasteiger partial charge on any atom is 0.0665 e. The Morgan fingerprint density at radius 3 is 0.969 bits per heavy atom. The summed E-state index contributed by atoms with van der Waals surface area (Å²) < 4.78 is 0. The second-order valence-corrected chi connectivity index (χ2v) is 19.0. The first-order chi connectivity index (χ1) is 31.2. The van der Waals surface area contributed by atoms with Gasteiger partial charge in [-0.25, -0.2) is 0 Å². The van der Waals surface area contributed by atoms with Crippen molar-refractivity contribution in [1.29, 1.82) is 0 Å². The van der Waals surface area contributed by atoms with Crippen LogP contribution in [-0.4, -0.2) is 11.4 Å². The minimum Gasteiger partial charge on any atom is -0.251 e. The Bertz CT molecular complexity index is 1440. The van der Waals surface area contributed by atoms with E-state index in [-0.39, 0.29) is 16.5 Å². The number of rotatable bonds is 44. The minimum absolute atomic E-state index is 0. The molecular formula is C61H102N2Ni. The number of hydrogen-bond acceptors (Lipinski definition) is 2. The van der Waals surface area contributed by atoms with Gasteiger partial charge in [0.2, 0.25) is 0 Å². The van der Waals surface area contributed by atoms with Gasteiger partial charge in [0.25, 0.3) is 0 Å².